The first-order valence-corrected chi connectivity index (χ1v) is 6.15. The van der Waals surface area contributed by atoms with Crippen LogP contribution < -0.4 is 5.32 Å². The van der Waals surface area contributed by atoms with E-state index in [1.165, 1.54) is 12.8 Å². The maximum atomic E-state index is 9.80. The smallest absolute Gasteiger partial charge is 0.0922 e. The lowest BCUT2D eigenvalue weighted by Gasteiger charge is -2.15. The van der Waals surface area contributed by atoms with Crippen LogP contribution in [0.25, 0.3) is 0 Å². The van der Waals surface area contributed by atoms with Crippen molar-refractivity contribution in [3.8, 4) is 0 Å². The summed E-state index contributed by atoms with van der Waals surface area (Å²) in [6.45, 7) is 2.88. The lowest BCUT2D eigenvalue weighted by Crippen LogP contribution is -2.31. The summed E-state index contributed by atoms with van der Waals surface area (Å²) in [5.74, 6) is 0.852. The van der Waals surface area contributed by atoms with E-state index in [9.17, 15) is 5.11 Å². The Balaban J connectivity index is 1.74. The molecule has 2 rings (SSSR count). The molecular formula is C11H17NOS. The molecule has 0 aromatic carbocycles. The number of aliphatic hydroxyl groups is 1. The van der Waals surface area contributed by atoms with Gasteiger partial charge >= 0.3 is 0 Å². The average Bonchev–Trinajstić information content (AvgIpc) is 2.90. The Kier molecular flexibility index (Phi) is 3.21. The van der Waals surface area contributed by atoms with Crippen LogP contribution in [0, 0.1) is 5.92 Å². The predicted molar refractivity (Wildman–Crippen MR) is 59.5 cm³/mol. The molecule has 1 heterocycles. The molecular weight excluding hydrogens is 194 g/mol. The molecule has 1 aromatic rings. The average molecular weight is 211 g/mol. The van der Waals surface area contributed by atoms with Crippen LogP contribution in [0.3, 0.4) is 0 Å². The predicted octanol–water partition coefficient (Wildman–Crippen LogP) is 2.17. The second kappa shape index (κ2) is 4.43. The second-order valence-electron chi connectivity index (χ2n) is 4.11. The summed E-state index contributed by atoms with van der Waals surface area (Å²) < 4.78 is 0. The molecule has 2 nitrogen and oxygen atoms in total. The van der Waals surface area contributed by atoms with Gasteiger partial charge in [0.2, 0.25) is 0 Å². The zero-order valence-electron chi connectivity index (χ0n) is 8.44. The van der Waals surface area contributed by atoms with E-state index in [0.29, 0.717) is 12.6 Å². The van der Waals surface area contributed by atoms with E-state index in [1.807, 2.05) is 16.8 Å². The molecule has 0 amide bonds. The molecule has 1 aliphatic carbocycles. The first kappa shape index (κ1) is 10.1. The van der Waals surface area contributed by atoms with Gasteiger partial charge in [0.1, 0.15) is 0 Å². The Bertz CT molecular complexity index is 269. The van der Waals surface area contributed by atoms with Crippen LogP contribution in [0.15, 0.2) is 16.8 Å². The van der Waals surface area contributed by atoms with E-state index >= 15 is 0 Å². The zero-order chi connectivity index (χ0) is 9.97. The molecule has 0 spiro atoms. The first-order chi connectivity index (χ1) is 6.77. The van der Waals surface area contributed by atoms with Crippen molar-refractivity contribution in [2.24, 2.45) is 5.92 Å². The number of thiophene rings is 1. The Morgan fingerprint density at radius 3 is 3.00 bits per heavy atom. The highest BCUT2D eigenvalue weighted by Gasteiger charge is 2.27. The topological polar surface area (TPSA) is 32.3 Å². The van der Waals surface area contributed by atoms with Crippen molar-refractivity contribution in [1.29, 1.82) is 0 Å². The molecule has 2 unspecified atom stereocenters. The van der Waals surface area contributed by atoms with E-state index in [1.54, 1.807) is 11.3 Å². The minimum atomic E-state index is -0.345. The van der Waals surface area contributed by atoms with Gasteiger partial charge in [-0.3, -0.25) is 0 Å². The third kappa shape index (κ3) is 2.56. The lowest BCUT2D eigenvalue weighted by atomic mass is 10.1. The maximum absolute atomic E-state index is 9.80. The SMILES string of the molecule is CC(NCC(O)c1ccsc1)C1CC1. The van der Waals surface area contributed by atoms with E-state index in [-0.39, 0.29) is 6.10 Å². The lowest BCUT2D eigenvalue weighted by molar-refractivity contribution is 0.169. The monoisotopic (exact) mass is 211 g/mol. The molecule has 14 heavy (non-hydrogen) atoms. The van der Waals surface area contributed by atoms with Crippen molar-refractivity contribution >= 4 is 11.3 Å². The van der Waals surface area contributed by atoms with E-state index in [0.717, 1.165) is 11.5 Å². The molecule has 1 aliphatic rings. The van der Waals surface area contributed by atoms with Gasteiger partial charge in [0, 0.05) is 12.6 Å². The van der Waals surface area contributed by atoms with Gasteiger partial charge in [0.15, 0.2) is 0 Å². The van der Waals surface area contributed by atoms with Crippen molar-refractivity contribution < 1.29 is 5.11 Å². The Morgan fingerprint density at radius 1 is 1.64 bits per heavy atom. The van der Waals surface area contributed by atoms with Gasteiger partial charge in [-0.15, -0.1) is 0 Å². The molecule has 2 N–H and O–H groups in total. The largest absolute Gasteiger partial charge is 0.387 e. The van der Waals surface area contributed by atoms with Gasteiger partial charge in [0.25, 0.3) is 0 Å². The van der Waals surface area contributed by atoms with E-state index in [2.05, 4.69) is 12.2 Å². The van der Waals surface area contributed by atoms with Crippen LogP contribution in [-0.4, -0.2) is 17.7 Å². The quantitative estimate of drug-likeness (QED) is 0.782. The fraction of sp³-hybridized carbons (Fsp3) is 0.636. The molecule has 1 saturated carbocycles. The Labute approximate surface area is 89.0 Å². The molecule has 2 atom stereocenters. The van der Waals surface area contributed by atoms with Crippen molar-refractivity contribution in [3.63, 3.8) is 0 Å². The van der Waals surface area contributed by atoms with Gasteiger partial charge < -0.3 is 10.4 Å². The van der Waals surface area contributed by atoms with E-state index in [4.69, 9.17) is 0 Å². The van der Waals surface area contributed by atoms with Crippen molar-refractivity contribution in [2.75, 3.05) is 6.54 Å². The molecule has 0 aliphatic heterocycles. The highest BCUT2D eigenvalue weighted by Crippen LogP contribution is 2.32. The Morgan fingerprint density at radius 2 is 2.43 bits per heavy atom. The normalized spacial score (nSPS) is 20.7. The number of nitrogens with one attached hydrogen (secondary N) is 1. The maximum Gasteiger partial charge on any atom is 0.0922 e. The number of hydrogen-bond donors (Lipinski definition) is 2. The minimum Gasteiger partial charge on any atom is -0.387 e. The fourth-order valence-corrected chi connectivity index (χ4v) is 2.35. The van der Waals surface area contributed by atoms with Crippen LogP contribution in [0.5, 0.6) is 0 Å². The van der Waals surface area contributed by atoms with Gasteiger partial charge in [-0.1, -0.05) is 0 Å². The summed E-state index contributed by atoms with van der Waals surface area (Å²) in [6.07, 6.45) is 2.35. The van der Waals surface area contributed by atoms with Crippen molar-refractivity contribution in [1.82, 2.24) is 5.32 Å². The van der Waals surface area contributed by atoms with Crippen LogP contribution in [-0.2, 0) is 0 Å². The number of aliphatic hydroxyl groups excluding tert-OH is 1. The molecule has 0 radical (unpaired) electrons. The van der Waals surface area contributed by atoms with Crippen LogP contribution >= 0.6 is 11.3 Å². The van der Waals surface area contributed by atoms with Crippen LogP contribution in [0.2, 0.25) is 0 Å². The van der Waals surface area contributed by atoms with Gasteiger partial charge in [-0.05, 0) is 48.1 Å². The zero-order valence-corrected chi connectivity index (χ0v) is 9.26. The molecule has 78 valence electrons. The van der Waals surface area contributed by atoms with E-state index < -0.39 is 0 Å². The third-order valence-electron chi connectivity index (χ3n) is 2.89. The van der Waals surface area contributed by atoms with Crippen molar-refractivity contribution in [3.05, 3.63) is 22.4 Å². The minimum absolute atomic E-state index is 0.345. The summed E-state index contributed by atoms with van der Waals surface area (Å²) in [7, 11) is 0. The first-order valence-electron chi connectivity index (χ1n) is 5.21. The molecule has 0 bridgehead atoms. The fourth-order valence-electron chi connectivity index (χ4n) is 1.64. The van der Waals surface area contributed by atoms with Crippen LogP contribution in [0.1, 0.15) is 31.4 Å². The summed E-state index contributed by atoms with van der Waals surface area (Å²) in [5, 5.41) is 17.2. The third-order valence-corrected chi connectivity index (χ3v) is 3.59. The summed E-state index contributed by atoms with van der Waals surface area (Å²) in [5.41, 5.74) is 1.03. The summed E-state index contributed by atoms with van der Waals surface area (Å²) in [4.78, 5) is 0. The summed E-state index contributed by atoms with van der Waals surface area (Å²) in [6, 6.07) is 2.54. The van der Waals surface area contributed by atoms with Crippen molar-refractivity contribution in [2.45, 2.75) is 31.9 Å². The number of rotatable bonds is 5. The van der Waals surface area contributed by atoms with Gasteiger partial charge in [-0.2, -0.15) is 11.3 Å². The number of hydrogen-bond acceptors (Lipinski definition) is 3. The molecule has 1 fully saturated rings. The van der Waals surface area contributed by atoms with Crippen LogP contribution in [0.4, 0.5) is 0 Å². The molecule has 0 saturated heterocycles. The summed E-state index contributed by atoms with van der Waals surface area (Å²) >= 11 is 1.63. The highest BCUT2D eigenvalue weighted by molar-refractivity contribution is 7.07. The Hall–Kier alpha value is -0.380. The molecule has 1 aromatic heterocycles. The standard InChI is InChI=1S/C11H17NOS/c1-8(9-2-3-9)12-6-11(13)10-4-5-14-7-10/h4-5,7-9,11-13H,2-3,6H2,1H3. The van der Waals surface area contributed by atoms with Gasteiger partial charge in [-0.25, -0.2) is 0 Å². The second-order valence-corrected chi connectivity index (χ2v) is 4.89. The van der Waals surface area contributed by atoms with Gasteiger partial charge in [0.05, 0.1) is 6.10 Å². The molecule has 3 heteroatoms. The highest BCUT2D eigenvalue weighted by atomic mass is 32.1.